The summed E-state index contributed by atoms with van der Waals surface area (Å²) in [4.78, 5) is 2.90. The van der Waals surface area contributed by atoms with E-state index >= 15 is 0 Å². The summed E-state index contributed by atoms with van der Waals surface area (Å²) < 4.78 is 0. The van der Waals surface area contributed by atoms with Gasteiger partial charge in [-0.05, 0) is 43.4 Å². The summed E-state index contributed by atoms with van der Waals surface area (Å²) >= 11 is 0. The minimum atomic E-state index is 0.718. The van der Waals surface area contributed by atoms with E-state index in [2.05, 4.69) is 24.1 Å². The SMILES string of the molecule is CC(C)C1CN(CC2CCC2)C(C2CCCCC2)CN1. The zero-order valence-electron chi connectivity index (χ0n) is 13.6. The van der Waals surface area contributed by atoms with Gasteiger partial charge in [0, 0.05) is 31.7 Å². The second-order valence-corrected chi connectivity index (χ2v) is 7.98. The van der Waals surface area contributed by atoms with Gasteiger partial charge in [0.1, 0.15) is 0 Å². The van der Waals surface area contributed by atoms with Crippen molar-refractivity contribution in [2.24, 2.45) is 17.8 Å². The summed E-state index contributed by atoms with van der Waals surface area (Å²) in [5.41, 5.74) is 0. The van der Waals surface area contributed by atoms with E-state index in [1.165, 1.54) is 71.0 Å². The molecular weight excluding hydrogens is 244 g/mol. The highest BCUT2D eigenvalue weighted by molar-refractivity contribution is 4.93. The van der Waals surface area contributed by atoms with Crippen LogP contribution >= 0.6 is 0 Å². The maximum Gasteiger partial charge on any atom is 0.0249 e. The average Bonchev–Trinajstić information content (AvgIpc) is 2.43. The van der Waals surface area contributed by atoms with E-state index in [4.69, 9.17) is 0 Å². The lowest BCUT2D eigenvalue weighted by atomic mass is 9.79. The normalized spacial score (nSPS) is 34.4. The van der Waals surface area contributed by atoms with Crippen LogP contribution in [-0.2, 0) is 0 Å². The lowest BCUT2D eigenvalue weighted by Crippen LogP contribution is -2.61. The molecule has 0 aromatic carbocycles. The summed E-state index contributed by atoms with van der Waals surface area (Å²) in [6, 6.07) is 1.56. The Kier molecular flexibility index (Phi) is 5.04. The molecule has 2 nitrogen and oxygen atoms in total. The Bertz CT molecular complexity index is 292. The number of hydrogen-bond donors (Lipinski definition) is 1. The smallest absolute Gasteiger partial charge is 0.0249 e. The highest BCUT2D eigenvalue weighted by Gasteiger charge is 2.36. The molecule has 0 radical (unpaired) electrons. The maximum atomic E-state index is 3.86. The zero-order valence-corrected chi connectivity index (χ0v) is 13.6. The van der Waals surface area contributed by atoms with E-state index in [1.54, 1.807) is 0 Å². The van der Waals surface area contributed by atoms with E-state index in [9.17, 15) is 0 Å². The van der Waals surface area contributed by atoms with Gasteiger partial charge < -0.3 is 5.32 Å². The Morgan fingerprint density at radius 2 is 1.75 bits per heavy atom. The van der Waals surface area contributed by atoms with Gasteiger partial charge in [0.15, 0.2) is 0 Å². The molecule has 0 aromatic rings. The van der Waals surface area contributed by atoms with Crippen LogP contribution in [0.1, 0.15) is 65.2 Å². The number of hydrogen-bond acceptors (Lipinski definition) is 2. The predicted octanol–water partition coefficient (Wildman–Crippen LogP) is 3.67. The Morgan fingerprint density at radius 3 is 2.35 bits per heavy atom. The van der Waals surface area contributed by atoms with Crippen molar-refractivity contribution in [3.05, 3.63) is 0 Å². The largest absolute Gasteiger partial charge is 0.311 e. The highest BCUT2D eigenvalue weighted by atomic mass is 15.2. The van der Waals surface area contributed by atoms with Crippen LogP contribution in [0.3, 0.4) is 0 Å². The van der Waals surface area contributed by atoms with Gasteiger partial charge in [-0.2, -0.15) is 0 Å². The van der Waals surface area contributed by atoms with Crippen molar-refractivity contribution in [2.75, 3.05) is 19.6 Å². The minimum absolute atomic E-state index is 0.718. The summed E-state index contributed by atoms with van der Waals surface area (Å²) in [7, 11) is 0. The topological polar surface area (TPSA) is 15.3 Å². The zero-order chi connectivity index (χ0) is 13.9. The molecule has 1 saturated heterocycles. The van der Waals surface area contributed by atoms with E-state index in [0.717, 1.165) is 29.8 Å². The van der Waals surface area contributed by atoms with Crippen molar-refractivity contribution in [1.82, 2.24) is 10.2 Å². The minimum Gasteiger partial charge on any atom is -0.311 e. The van der Waals surface area contributed by atoms with Crippen LogP contribution in [0.2, 0.25) is 0 Å². The quantitative estimate of drug-likeness (QED) is 0.844. The van der Waals surface area contributed by atoms with Gasteiger partial charge in [-0.15, -0.1) is 0 Å². The summed E-state index contributed by atoms with van der Waals surface area (Å²) in [6.07, 6.45) is 11.9. The first-order valence-corrected chi connectivity index (χ1v) is 9.21. The van der Waals surface area contributed by atoms with Gasteiger partial charge in [0.05, 0.1) is 0 Å². The molecule has 3 aliphatic rings. The third-order valence-electron chi connectivity index (χ3n) is 6.21. The lowest BCUT2D eigenvalue weighted by molar-refractivity contribution is 0.0373. The van der Waals surface area contributed by atoms with Gasteiger partial charge in [0.2, 0.25) is 0 Å². The Labute approximate surface area is 125 Å². The molecule has 2 aliphatic carbocycles. The molecule has 1 aliphatic heterocycles. The first kappa shape index (κ1) is 14.8. The average molecular weight is 278 g/mol. The van der Waals surface area contributed by atoms with Crippen LogP contribution < -0.4 is 5.32 Å². The van der Waals surface area contributed by atoms with Crippen molar-refractivity contribution in [3.8, 4) is 0 Å². The number of nitrogens with one attached hydrogen (secondary N) is 1. The van der Waals surface area contributed by atoms with Crippen LogP contribution in [0.4, 0.5) is 0 Å². The van der Waals surface area contributed by atoms with Crippen molar-refractivity contribution in [3.63, 3.8) is 0 Å². The van der Waals surface area contributed by atoms with E-state index < -0.39 is 0 Å². The van der Waals surface area contributed by atoms with Crippen molar-refractivity contribution in [2.45, 2.75) is 77.3 Å². The van der Waals surface area contributed by atoms with Gasteiger partial charge in [0.25, 0.3) is 0 Å². The molecule has 20 heavy (non-hydrogen) atoms. The molecule has 116 valence electrons. The Balaban J connectivity index is 1.62. The second kappa shape index (κ2) is 6.79. The monoisotopic (exact) mass is 278 g/mol. The van der Waals surface area contributed by atoms with Crippen LogP contribution in [-0.4, -0.2) is 36.6 Å². The maximum absolute atomic E-state index is 3.86. The Morgan fingerprint density at radius 1 is 1.00 bits per heavy atom. The fraction of sp³-hybridized carbons (Fsp3) is 1.00. The predicted molar refractivity (Wildman–Crippen MR) is 85.9 cm³/mol. The molecule has 1 heterocycles. The van der Waals surface area contributed by atoms with Crippen molar-refractivity contribution in [1.29, 1.82) is 0 Å². The molecule has 1 N–H and O–H groups in total. The van der Waals surface area contributed by atoms with Crippen LogP contribution in [0, 0.1) is 17.8 Å². The third-order valence-corrected chi connectivity index (χ3v) is 6.21. The Hall–Kier alpha value is -0.0800. The van der Waals surface area contributed by atoms with Gasteiger partial charge >= 0.3 is 0 Å². The fourth-order valence-corrected chi connectivity index (χ4v) is 4.50. The second-order valence-electron chi connectivity index (χ2n) is 7.98. The summed E-state index contributed by atoms with van der Waals surface area (Å²) in [5, 5.41) is 3.86. The molecule has 2 unspecified atom stereocenters. The van der Waals surface area contributed by atoms with E-state index in [1.807, 2.05) is 0 Å². The molecule has 0 spiro atoms. The third kappa shape index (κ3) is 3.39. The van der Waals surface area contributed by atoms with Crippen molar-refractivity contribution < 1.29 is 0 Å². The molecule has 2 saturated carbocycles. The molecule has 0 aromatic heterocycles. The van der Waals surface area contributed by atoms with Gasteiger partial charge in [-0.1, -0.05) is 39.5 Å². The molecular formula is C18H34N2. The fourth-order valence-electron chi connectivity index (χ4n) is 4.50. The van der Waals surface area contributed by atoms with Crippen molar-refractivity contribution >= 4 is 0 Å². The number of piperazine rings is 1. The lowest BCUT2D eigenvalue weighted by Gasteiger charge is -2.48. The number of nitrogens with zero attached hydrogens (tertiary/aromatic N) is 1. The highest BCUT2D eigenvalue weighted by Crippen LogP contribution is 2.34. The summed E-state index contributed by atoms with van der Waals surface area (Å²) in [5.74, 6) is 2.77. The molecule has 2 atom stereocenters. The van der Waals surface area contributed by atoms with Crippen LogP contribution in [0.25, 0.3) is 0 Å². The van der Waals surface area contributed by atoms with Gasteiger partial charge in [-0.3, -0.25) is 4.90 Å². The van der Waals surface area contributed by atoms with Gasteiger partial charge in [-0.25, -0.2) is 0 Å². The molecule has 2 heteroatoms. The van der Waals surface area contributed by atoms with Crippen LogP contribution in [0.5, 0.6) is 0 Å². The molecule has 3 fully saturated rings. The van der Waals surface area contributed by atoms with E-state index in [0.29, 0.717) is 0 Å². The molecule has 0 amide bonds. The first-order valence-electron chi connectivity index (χ1n) is 9.21. The molecule has 3 rings (SSSR count). The summed E-state index contributed by atoms with van der Waals surface area (Å²) in [6.45, 7) is 8.70. The molecule has 0 bridgehead atoms. The van der Waals surface area contributed by atoms with Crippen LogP contribution in [0.15, 0.2) is 0 Å². The standard InChI is InChI=1S/C18H34N2/c1-14(2)17-13-20(12-15-7-6-8-15)18(11-19-17)16-9-4-3-5-10-16/h14-19H,3-13H2,1-2H3. The number of rotatable bonds is 4. The van der Waals surface area contributed by atoms with E-state index in [-0.39, 0.29) is 0 Å². The first-order chi connectivity index (χ1) is 9.74.